The smallest absolute Gasteiger partial charge is 0.287 e. The maximum Gasteiger partial charge on any atom is 0.287 e. The lowest BCUT2D eigenvalue weighted by Gasteiger charge is -2.30. The molecule has 2 rings (SSSR count). The molecule has 2 amide bonds. The summed E-state index contributed by atoms with van der Waals surface area (Å²) in [5.41, 5.74) is 7.38. The summed E-state index contributed by atoms with van der Waals surface area (Å²) in [5, 5.41) is 3.65. The standard InChI is InChI=1S/C12H19N5O3/c13-11(18)5-8-1-3-17(4-2-8)7-9-6-10(16-20-9)12(19)15-14/h6,8H,1-5,7,14H2,(H2,13,18)(H,15,19). The van der Waals surface area contributed by atoms with Crippen molar-refractivity contribution in [3.05, 3.63) is 17.5 Å². The van der Waals surface area contributed by atoms with E-state index in [2.05, 4.69) is 10.1 Å². The molecule has 8 nitrogen and oxygen atoms in total. The number of piperidine rings is 1. The van der Waals surface area contributed by atoms with Crippen LogP contribution in [0.5, 0.6) is 0 Å². The van der Waals surface area contributed by atoms with Crippen molar-refractivity contribution in [1.82, 2.24) is 15.5 Å². The van der Waals surface area contributed by atoms with E-state index in [-0.39, 0.29) is 11.6 Å². The number of carbonyl (C=O) groups is 2. The van der Waals surface area contributed by atoms with Crippen molar-refractivity contribution in [2.45, 2.75) is 25.8 Å². The van der Waals surface area contributed by atoms with Crippen LogP contribution in [0.4, 0.5) is 0 Å². The first-order chi connectivity index (χ1) is 9.58. The molecular formula is C12H19N5O3. The zero-order valence-corrected chi connectivity index (χ0v) is 11.2. The Labute approximate surface area is 116 Å². The third kappa shape index (κ3) is 3.78. The van der Waals surface area contributed by atoms with Gasteiger partial charge in [-0.15, -0.1) is 0 Å². The van der Waals surface area contributed by atoms with Gasteiger partial charge in [0.15, 0.2) is 11.5 Å². The van der Waals surface area contributed by atoms with Crippen molar-refractivity contribution in [3.63, 3.8) is 0 Å². The summed E-state index contributed by atoms with van der Waals surface area (Å²) in [6, 6.07) is 1.58. The third-order valence-corrected chi connectivity index (χ3v) is 3.50. The number of amides is 2. The fourth-order valence-corrected chi connectivity index (χ4v) is 2.42. The number of rotatable bonds is 5. The van der Waals surface area contributed by atoms with Gasteiger partial charge in [-0.05, 0) is 31.8 Å². The van der Waals surface area contributed by atoms with Crippen LogP contribution >= 0.6 is 0 Å². The molecule has 0 saturated carbocycles. The first-order valence-electron chi connectivity index (χ1n) is 6.55. The zero-order valence-electron chi connectivity index (χ0n) is 11.2. The molecule has 0 spiro atoms. The minimum Gasteiger partial charge on any atom is -0.370 e. The fourth-order valence-electron chi connectivity index (χ4n) is 2.42. The Hall–Kier alpha value is -1.93. The van der Waals surface area contributed by atoms with Crippen molar-refractivity contribution >= 4 is 11.8 Å². The summed E-state index contributed by atoms with van der Waals surface area (Å²) in [6.45, 7) is 2.34. The molecule has 0 bridgehead atoms. The van der Waals surface area contributed by atoms with Crippen LogP contribution in [0.2, 0.25) is 0 Å². The van der Waals surface area contributed by atoms with Crippen molar-refractivity contribution in [2.75, 3.05) is 13.1 Å². The lowest BCUT2D eigenvalue weighted by atomic mass is 9.93. The Morgan fingerprint density at radius 1 is 1.45 bits per heavy atom. The number of hydrazine groups is 1. The number of nitrogens with one attached hydrogen (secondary N) is 1. The number of nitrogens with zero attached hydrogens (tertiary/aromatic N) is 2. The number of hydrogen-bond acceptors (Lipinski definition) is 6. The number of likely N-dealkylation sites (tertiary alicyclic amines) is 1. The average Bonchev–Trinajstić information content (AvgIpc) is 2.88. The van der Waals surface area contributed by atoms with Crippen molar-refractivity contribution in [3.8, 4) is 0 Å². The highest BCUT2D eigenvalue weighted by Gasteiger charge is 2.22. The summed E-state index contributed by atoms with van der Waals surface area (Å²) < 4.78 is 5.10. The lowest BCUT2D eigenvalue weighted by Crippen LogP contribution is -2.34. The van der Waals surface area contributed by atoms with Crippen LogP contribution < -0.4 is 17.0 Å². The van der Waals surface area contributed by atoms with Gasteiger partial charge in [0.25, 0.3) is 5.91 Å². The van der Waals surface area contributed by atoms with E-state index in [9.17, 15) is 9.59 Å². The Morgan fingerprint density at radius 3 is 2.75 bits per heavy atom. The fraction of sp³-hybridized carbons (Fsp3) is 0.583. The summed E-state index contributed by atoms with van der Waals surface area (Å²) in [4.78, 5) is 24.3. The molecule has 1 aromatic rings. The molecule has 1 aliphatic heterocycles. The molecule has 1 aromatic heterocycles. The Balaban J connectivity index is 1.82. The van der Waals surface area contributed by atoms with Crippen LogP contribution in [0.1, 0.15) is 35.5 Å². The molecule has 5 N–H and O–H groups in total. The minimum atomic E-state index is -0.472. The zero-order chi connectivity index (χ0) is 14.5. The highest BCUT2D eigenvalue weighted by molar-refractivity contribution is 5.91. The predicted octanol–water partition coefficient (Wildman–Crippen LogP) is -0.634. The van der Waals surface area contributed by atoms with E-state index in [1.807, 2.05) is 5.43 Å². The minimum absolute atomic E-state index is 0.172. The molecule has 2 heterocycles. The summed E-state index contributed by atoms with van der Waals surface area (Å²) >= 11 is 0. The maximum atomic E-state index is 11.2. The second-order valence-corrected chi connectivity index (χ2v) is 5.04. The summed E-state index contributed by atoms with van der Waals surface area (Å²) in [6.07, 6.45) is 2.33. The summed E-state index contributed by atoms with van der Waals surface area (Å²) in [7, 11) is 0. The monoisotopic (exact) mass is 281 g/mol. The highest BCUT2D eigenvalue weighted by atomic mass is 16.5. The molecule has 8 heteroatoms. The molecule has 1 aliphatic rings. The van der Waals surface area contributed by atoms with Gasteiger partial charge in [-0.1, -0.05) is 5.16 Å². The quantitative estimate of drug-likeness (QED) is 0.374. The van der Waals surface area contributed by atoms with E-state index in [4.69, 9.17) is 16.1 Å². The van der Waals surface area contributed by atoms with Gasteiger partial charge in [0.05, 0.1) is 6.54 Å². The Morgan fingerprint density at radius 2 is 2.15 bits per heavy atom. The van der Waals surface area contributed by atoms with Gasteiger partial charge in [0, 0.05) is 12.5 Å². The Bertz CT molecular complexity index is 479. The average molecular weight is 281 g/mol. The third-order valence-electron chi connectivity index (χ3n) is 3.50. The lowest BCUT2D eigenvalue weighted by molar-refractivity contribution is -0.119. The number of hydrogen-bond donors (Lipinski definition) is 3. The first kappa shape index (κ1) is 14.5. The van der Waals surface area contributed by atoms with E-state index < -0.39 is 5.91 Å². The van der Waals surface area contributed by atoms with Crippen LogP contribution in [-0.4, -0.2) is 35.0 Å². The predicted molar refractivity (Wildman–Crippen MR) is 70.0 cm³/mol. The van der Waals surface area contributed by atoms with Crippen LogP contribution in [0.15, 0.2) is 10.6 Å². The molecule has 110 valence electrons. The molecule has 0 unspecified atom stereocenters. The second-order valence-electron chi connectivity index (χ2n) is 5.04. The number of carbonyl (C=O) groups excluding carboxylic acids is 2. The molecular weight excluding hydrogens is 262 g/mol. The van der Waals surface area contributed by atoms with Crippen molar-refractivity contribution in [1.29, 1.82) is 0 Å². The van der Waals surface area contributed by atoms with Gasteiger partial charge < -0.3 is 10.3 Å². The SMILES string of the molecule is NNC(=O)c1cc(CN2CCC(CC(N)=O)CC2)on1. The molecule has 20 heavy (non-hydrogen) atoms. The van der Waals surface area contributed by atoms with Crippen molar-refractivity contribution < 1.29 is 14.1 Å². The molecule has 0 aliphatic carbocycles. The van der Waals surface area contributed by atoms with E-state index in [1.54, 1.807) is 6.07 Å². The van der Waals surface area contributed by atoms with Crippen LogP contribution in [0.25, 0.3) is 0 Å². The normalized spacial score (nSPS) is 17.1. The topological polar surface area (TPSA) is 127 Å². The maximum absolute atomic E-state index is 11.2. The van der Waals surface area contributed by atoms with Crippen LogP contribution in [-0.2, 0) is 11.3 Å². The second kappa shape index (κ2) is 6.49. The van der Waals surface area contributed by atoms with E-state index >= 15 is 0 Å². The van der Waals surface area contributed by atoms with Gasteiger partial charge in [0.1, 0.15) is 0 Å². The van der Waals surface area contributed by atoms with Gasteiger partial charge >= 0.3 is 0 Å². The van der Waals surface area contributed by atoms with E-state index in [0.717, 1.165) is 25.9 Å². The molecule has 1 fully saturated rings. The van der Waals surface area contributed by atoms with Gasteiger partial charge in [0.2, 0.25) is 5.91 Å². The molecule has 0 aromatic carbocycles. The molecule has 0 atom stereocenters. The van der Waals surface area contributed by atoms with E-state index in [0.29, 0.717) is 24.6 Å². The number of nitrogens with two attached hydrogens (primary N) is 2. The molecule has 1 saturated heterocycles. The van der Waals surface area contributed by atoms with Gasteiger partial charge in [-0.2, -0.15) is 0 Å². The van der Waals surface area contributed by atoms with Crippen LogP contribution in [0.3, 0.4) is 0 Å². The highest BCUT2D eigenvalue weighted by Crippen LogP contribution is 2.21. The Kier molecular flexibility index (Phi) is 4.70. The number of primary amides is 1. The van der Waals surface area contributed by atoms with Crippen molar-refractivity contribution in [2.24, 2.45) is 17.5 Å². The van der Waals surface area contributed by atoms with Gasteiger partial charge in [-0.3, -0.25) is 19.9 Å². The number of aromatic nitrogens is 1. The van der Waals surface area contributed by atoms with Crippen LogP contribution in [0, 0.1) is 5.92 Å². The number of nitrogen functional groups attached to an aromatic ring is 1. The van der Waals surface area contributed by atoms with Gasteiger partial charge in [-0.25, -0.2) is 5.84 Å². The van der Waals surface area contributed by atoms with E-state index in [1.165, 1.54) is 0 Å². The largest absolute Gasteiger partial charge is 0.370 e. The first-order valence-corrected chi connectivity index (χ1v) is 6.55. The summed E-state index contributed by atoms with van der Waals surface area (Å²) in [5.74, 6) is 5.31. The molecule has 0 radical (unpaired) electrons.